The molecule has 0 saturated heterocycles. The SMILES string of the molecule is [2H]C([2H])(O)C(=O)[C@@]1(O)CC[C@H]2[C@@H]3CC[C@H]4C([2H])([2H])[C@H](O)C([2H])([2H])C[C@]4(C)C3[C@@H](O)C[C@@]21C. The van der Waals surface area contributed by atoms with Gasteiger partial charge in [-0.05, 0) is 80.4 Å². The van der Waals surface area contributed by atoms with Gasteiger partial charge in [0.1, 0.15) is 12.2 Å². The zero-order valence-corrected chi connectivity index (χ0v) is 15.4. The lowest BCUT2D eigenvalue weighted by Gasteiger charge is -2.62. The van der Waals surface area contributed by atoms with Crippen molar-refractivity contribution >= 4 is 5.78 Å². The van der Waals surface area contributed by atoms with Crippen LogP contribution in [0.1, 0.15) is 73.3 Å². The van der Waals surface area contributed by atoms with Crippen molar-refractivity contribution in [2.75, 3.05) is 6.56 Å². The summed E-state index contributed by atoms with van der Waals surface area (Å²) in [5, 5.41) is 42.8. The Bertz CT molecular complexity index is 817. The van der Waals surface area contributed by atoms with E-state index in [4.69, 9.17) is 8.22 Å². The summed E-state index contributed by atoms with van der Waals surface area (Å²) in [6.45, 7) is 0.246. The average Bonchev–Trinajstić information content (AvgIpc) is 2.89. The fourth-order valence-electron chi connectivity index (χ4n) is 7.16. The smallest absolute Gasteiger partial charge is 0.190 e. The quantitative estimate of drug-likeness (QED) is 0.591. The summed E-state index contributed by atoms with van der Waals surface area (Å²) in [7, 11) is 0. The molecule has 4 N–H and O–H groups in total. The van der Waals surface area contributed by atoms with Gasteiger partial charge in [0.2, 0.25) is 0 Å². The number of aliphatic hydroxyl groups is 4. The molecule has 5 heteroatoms. The fraction of sp³-hybridized carbons (Fsp3) is 0.952. The molecule has 0 radical (unpaired) electrons. The highest BCUT2D eigenvalue weighted by atomic mass is 16.3. The highest BCUT2D eigenvalue weighted by Gasteiger charge is 2.68. The van der Waals surface area contributed by atoms with Gasteiger partial charge in [0.15, 0.2) is 5.78 Å². The molecule has 0 bridgehead atoms. The largest absolute Gasteiger partial charge is 0.393 e. The number of ketones is 1. The van der Waals surface area contributed by atoms with Crippen molar-refractivity contribution in [1.82, 2.24) is 0 Å². The van der Waals surface area contributed by atoms with E-state index in [1.165, 1.54) is 0 Å². The summed E-state index contributed by atoms with van der Waals surface area (Å²) in [6.07, 6.45) is -6.08. The van der Waals surface area contributed by atoms with Crippen LogP contribution in [0.3, 0.4) is 0 Å². The predicted octanol–water partition coefficient (Wildman–Crippen LogP) is 1.65. The topological polar surface area (TPSA) is 98.0 Å². The standard InChI is InChI=1S/C21H34O5/c1-19-7-5-13(23)9-12(19)3-4-14-15-6-8-21(26,17(25)11-22)20(15,2)10-16(24)18(14)19/h12-16,18,22-24,26H,3-11H2,1-2H3/t12-,13+,14-,15-,16-,18?,19-,20-,21-/m0/s1/i5D2,9D2,11D2. The van der Waals surface area contributed by atoms with Gasteiger partial charge in [-0.15, -0.1) is 0 Å². The molecule has 4 aliphatic carbocycles. The molecular weight excluding hydrogens is 332 g/mol. The monoisotopic (exact) mass is 372 g/mol. The van der Waals surface area contributed by atoms with E-state index < -0.39 is 65.6 Å². The minimum atomic E-state index is -3.20. The second kappa shape index (κ2) is 6.00. The van der Waals surface area contributed by atoms with Gasteiger partial charge in [0.25, 0.3) is 0 Å². The zero-order chi connectivity index (χ0) is 24.3. The van der Waals surface area contributed by atoms with Crippen molar-refractivity contribution in [1.29, 1.82) is 0 Å². The van der Waals surface area contributed by atoms with E-state index in [0.717, 1.165) is 0 Å². The molecule has 4 rings (SSSR count). The van der Waals surface area contributed by atoms with Gasteiger partial charge in [-0.3, -0.25) is 4.79 Å². The molecule has 4 fully saturated rings. The molecule has 0 aromatic carbocycles. The second-order valence-corrected chi connectivity index (χ2v) is 9.41. The summed E-state index contributed by atoms with van der Waals surface area (Å²) >= 11 is 0. The van der Waals surface area contributed by atoms with Crippen molar-refractivity contribution in [3.8, 4) is 0 Å². The third-order valence-electron chi connectivity index (χ3n) is 8.46. The number of carbonyl (C=O) groups excluding carboxylic acids is 1. The van der Waals surface area contributed by atoms with Gasteiger partial charge >= 0.3 is 0 Å². The Hall–Kier alpha value is -0.490. The first-order valence-corrected chi connectivity index (χ1v) is 9.70. The Balaban J connectivity index is 1.75. The Morgan fingerprint density at radius 3 is 2.65 bits per heavy atom. The summed E-state index contributed by atoms with van der Waals surface area (Å²) < 4.78 is 48.6. The van der Waals surface area contributed by atoms with E-state index in [1.54, 1.807) is 13.8 Å². The van der Waals surface area contributed by atoms with Crippen LogP contribution in [-0.2, 0) is 4.79 Å². The molecule has 26 heavy (non-hydrogen) atoms. The lowest BCUT2D eigenvalue weighted by molar-refractivity contribution is -0.202. The Morgan fingerprint density at radius 1 is 1.23 bits per heavy atom. The first-order valence-electron chi connectivity index (χ1n) is 12.7. The molecule has 4 saturated carbocycles. The van der Waals surface area contributed by atoms with Crippen LogP contribution in [0.2, 0.25) is 0 Å². The molecular formula is C21H34O5. The number of carbonyl (C=O) groups is 1. The van der Waals surface area contributed by atoms with Crippen LogP contribution in [-0.4, -0.2) is 50.6 Å². The molecule has 0 spiro atoms. The van der Waals surface area contributed by atoms with Gasteiger partial charge < -0.3 is 20.4 Å². The van der Waals surface area contributed by atoms with Gasteiger partial charge in [-0.2, -0.15) is 0 Å². The second-order valence-electron chi connectivity index (χ2n) is 9.41. The Labute approximate surface area is 164 Å². The first kappa shape index (κ1) is 12.9. The summed E-state index contributed by atoms with van der Waals surface area (Å²) in [5.74, 6) is -2.93. The van der Waals surface area contributed by atoms with Gasteiger partial charge in [-0.1, -0.05) is 13.8 Å². The summed E-state index contributed by atoms with van der Waals surface area (Å²) in [4.78, 5) is 12.7. The van der Waals surface area contributed by atoms with Gasteiger partial charge in [0.05, 0.1) is 14.9 Å². The Kier molecular flexibility index (Phi) is 2.97. The highest BCUT2D eigenvalue weighted by molar-refractivity contribution is 5.89. The number of hydrogen-bond acceptors (Lipinski definition) is 5. The molecule has 0 aromatic rings. The lowest BCUT2D eigenvalue weighted by Crippen LogP contribution is -2.63. The maximum Gasteiger partial charge on any atom is 0.190 e. The van der Waals surface area contributed by atoms with E-state index in [1.807, 2.05) is 0 Å². The first-order chi connectivity index (χ1) is 14.3. The Morgan fingerprint density at radius 2 is 1.96 bits per heavy atom. The van der Waals surface area contributed by atoms with Crippen molar-refractivity contribution in [2.24, 2.45) is 34.5 Å². The molecule has 1 unspecified atom stereocenters. The average molecular weight is 373 g/mol. The lowest BCUT2D eigenvalue weighted by atomic mass is 9.43. The third kappa shape index (κ3) is 2.27. The van der Waals surface area contributed by atoms with Crippen molar-refractivity contribution in [2.45, 2.75) is 82.9 Å². The molecule has 5 nitrogen and oxygen atoms in total. The van der Waals surface area contributed by atoms with Crippen LogP contribution in [0.15, 0.2) is 0 Å². The molecule has 9 atom stereocenters. The molecule has 0 aromatic heterocycles. The molecule has 148 valence electrons. The maximum absolute atomic E-state index is 12.7. The number of Topliss-reactive ketones (excluding diaryl/α,β-unsaturated/α-hetero) is 1. The zero-order valence-electron chi connectivity index (χ0n) is 21.4. The minimum Gasteiger partial charge on any atom is -0.393 e. The van der Waals surface area contributed by atoms with E-state index in [9.17, 15) is 25.2 Å². The number of rotatable bonds is 2. The fourth-order valence-corrected chi connectivity index (χ4v) is 7.16. The van der Waals surface area contributed by atoms with Crippen LogP contribution in [0.4, 0.5) is 0 Å². The molecule has 0 aliphatic heterocycles. The highest BCUT2D eigenvalue weighted by Crippen LogP contribution is 2.68. The third-order valence-corrected chi connectivity index (χ3v) is 8.46. The van der Waals surface area contributed by atoms with Gasteiger partial charge in [0, 0.05) is 10.9 Å². The van der Waals surface area contributed by atoms with E-state index in [2.05, 4.69) is 0 Å². The van der Waals surface area contributed by atoms with E-state index in [0.29, 0.717) is 19.3 Å². The van der Waals surface area contributed by atoms with Gasteiger partial charge in [-0.25, -0.2) is 0 Å². The molecule has 0 amide bonds. The van der Waals surface area contributed by atoms with Crippen molar-refractivity contribution in [3.63, 3.8) is 0 Å². The number of hydrogen-bond donors (Lipinski definition) is 4. The normalized spacial score (nSPS) is 64.2. The maximum atomic E-state index is 12.7. The van der Waals surface area contributed by atoms with Crippen LogP contribution in [0.5, 0.6) is 0 Å². The van der Waals surface area contributed by atoms with E-state index >= 15 is 0 Å². The minimum absolute atomic E-state index is 0.0337. The van der Waals surface area contributed by atoms with Crippen LogP contribution >= 0.6 is 0 Å². The van der Waals surface area contributed by atoms with Crippen LogP contribution in [0, 0.1) is 34.5 Å². The number of aliphatic hydroxyl groups excluding tert-OH is 2. The van der Waals surface area contributed by atoms with E-state index in [-0.39, 0.29) is 31.1 Å². The molecule has 0 heterocycles. The number of fused-ring (bicyclic) bond motifs is 5. The van der Waals surface area contributed by atoms with Crippen LogP contribution in [0.25, 0.3) is 0 Å². The summed E-state index contributed by atoms with van der Waals surface area (Å²) in [6, 6.07) is 0. The van der Waals surface area contributed by atoms with Crippen LogP contribution < -0.4 is 0 Å². The summed E-state index contributed by atoms with van der Waals surface area (Å²) in [5.41, 5.74) is -4.24. The van der Waals surface area contributed by atoms with Crippen molar-refractivity contribution < 1.29 is 33.4 Å². The predicted molar refractivity (Wildman–Crippen MR) is 96.2 cm³/mol. The molecule has 4 aliphatic rings. The van der Waals surface area contributed by atoms with Crippen molar-refractivity contribution in [3.05, 3.63) is 0 Å².